The third-order valence-corrected chi connectivity index (χ3v) is 6.13. The van der Waals surface area contributed by atoms with Crippen molar-refractivity contribution in [3.8, 4) is 16.9 Å². The van der Waals surface area contributed by atoms with Gasteiger partial charge in [-0.2, -0.15) is 0 Å². The number of methoxy groups -OCH3 is 1. The maximum Gasteiger partial charge on any atom is 0.262 e. The summed E-state index contributed by atoms with van der Waals surface area (Å²) in [7, 11) is 1.58. The van der Waals surface area contributed by atoms with Crippen LogP contribution in [0.15, 0.2) is 76.3 Å². The summed E-state index contributed by atoms with van der Waals surface area (Å²) >= 11 is 0. The highest BCUT2D eigenvalue weighted by atomic mass is 16.5. The molecule has 0 bridgehead atoms. The fraction of sp³-hybridized carbons (Fsp3) is 0.179. The van der Waals surface area contributed by atoms with E-state index >= 15 is 0 Å². The number of aromatic nitrogens is 4. The van der Waals surface area contributed by atoms with Gasteiger partial charge in [0.25, 0.3) is 5.56 Å². The van der Waals surface area contributed by atoms with Gasteiger partial charge in [0.2, 0.25) is 0 Å². The molecule has 0 aliphatic carbocycles. The van der Waals surface area contributed by atoms with Crippen molar-refractivity contribution in [2.75, 3.05) is 7.11 Å². The summed E-state index contributed by atoms with van der Waals surface area (Å²) in [5.74, 6) is 0.919. The Balaban J connectivity index is 1.74. The monoisotopic (exact) mass is 480 g/mol. The van der Waals surface area contributed by atoms with Gasteiger partial charge in [-0.25, -0.2) is 0 Å². The highest BCUT2D eigenvalue weighted by molar-refractivity contribution is 6.01. The Bertz CT molecular complexity index is 1600. The van der Waals surface area contributed by atoms with Crippen molar-refractivity contribution in [1.29, 1.82) is 0 Å². The summed E-state index contributed by atoms with van der Waals surface area (Å²) in [6, 6.07) is 16.3. The van der Waals surface area contributed by atoms with Crippen molar-refractivity contribution in [2.45, 2.75) is 26.8 Å². The molecule has 4 aromatic heterocycles. The number of carbonyl (C=O) groups excluding carboxylic acids is 1. The number of rotatable bonds is 7. The maximum atomic E-state index is 13.7. The van der Waals surface area contributed by atoms with Crippen molar-refractivity contribution >= 4 is 16.7 Å². The third-order valence-electron chi connectivity index (χ3n) is 6.13. The van der Waals surface area contributed by atoms with E-state index in [0.29, 0.717) is 33.8 Å². The van der Waals surface area contributed by atoms with Crippen LogP contribution in [-0.4, -0.2) is 32.6 Å². The zero-order valence-electron chi connectivity index (χ0n) is 20.2. The maximum absolute atomic E-state index is 13.7. The molecule has 0 saturated heterocycles. The van der Waals surface area contributed by atoms with Crippen LogP contribution < -0.4 is 10.3 Å². The summed E-state index contributed by atoms with van der Waals surface area (Å²) in [6.45, 7) is 3.90. The Labute approximate surface area is 207 Å². The standard InChI is InChI=1S/C28H24N4O4/c1-17-27(18(2)36-31-17)23-13-19-12-22(25(33)14-20-8-4-6-10-29-20)28(34)32(24(19)15-26(23)35-3)16-21-9-5-7-11-30-21/h4-13,15H,14,16H2,1-3H3. The van der Waals surface area contributed by atoms with E-state index in [2.05, 4.69) is 15.1 Å². The predicted octanol–water partition coefficient (Wildman–Crippen LogP) is 4.55. The number of aryl methyl sites for hydroxylation is 2. The molecule has 0 spiro atoms. The molecule has 5 aromatic rings. The fourth-order valence-corrected chi connectivity index (χ4v) is 4.41. The van der Waals surface area contributed by atoms with E-state index in [4.69, 9.17) is 9.26 Å². The van der Waals surface area contributed by atoms with Gasteiger partial charge in [0.05, 0.1) is 48.1 Å². The molecule has 0 aliphatic rings. The van der Waals surface area contributed by atoms with Crippen LogP contribution in [-0.2, 0) is 13.0 Å². The summed E-state index contributed by atoms with van der Waals surface area (Å²) in [4.78, 5) is 35.6. The topological polar surface area (TPSA) is 100 Å². The molecule has 0 N–H and O–H groups in total. The Kier molecular flexibility index (Phi) is 6.16. The number of pyridine rings is 3. The predicted molar refractivity (Wildman–Crippen MR) is 135 cm³/mol. The molecule has 0 aliphatic heterocycles. The lowest BCUT2D eigenvalue weighted by molar-refractivity contribution is 0.0990. The van der Waals surface area contributed by atoms with E-state index < -0.39 is 0 Å². The first-order valence-corrected chi connectivity index (χ1v) is 11.5. The molecule has 0 atom stereocenters. The minimum absolute atomic E-state index is 0.0258. The molecule has 180 valence electrons. The summed E-state index contributed by atoms with van der Waals surface area (Å²) < 4.78 is 12.7. The molecule has 8 nitrogen and oxygen atoms in total. The summed E-state index contributed by atoms with van der Waals surface area (Å²) in [5, 5.41) is 4.79. The van der Waals surface area contributed by atoms with Crippen LogP contribution in [0.4, 0.5) is 0 Å². The first-order valence-electron chi connectivity index (χ1n) is 11.5. The first kappa shape index (κ1) is 23.2. The van der Waals surface area contributed by atoms with Crippen LogP contribution >= 0.6 is 0 Å². The van der Waals surface area contributed by atoms with Crippen molar-refractivity contribution < 1.29 is 14.1 Å². The molecule has 5 rings (SSSR count). The average Bonchev–Trinajstić information content (AvgIpc) is 3.23. The van der Waals surface area contributed by atoms with Crippen molar-refractivity contribution in [2.24, 2.45) is 0 Å². The molecule has 0 radical (unpaired) electrons. The van der Waals surface area contributed by atoms with E-state index in [9.17, 15) is 9.59 Å². The number of ketones is 1. The van der Waals surface area contributed by atoms with Gasteiger partial charge in [-0.15, -0.1) is 0 Å². The van der Waals surface area contributed by atoms with Crippen LogP contribution in [0.5, 0.6) is 5.75 Å². The van der Waals surface area contributed by atoms with Gasteiger partial charge in [-0.3, -0.25) is 19.6 Å². The minimum Gasteiger partial charge on any atom is -0.496 e. The third kappa shape index (κ3) is 4.29. The van der Waals surface area contributed by atoms with Crippen molar-refractivity contribution in [3.05, 3.63) is 106 Å². The molecule has 8 heteroatoms. The van der Waals surface area contributed by atoms with Crippen LogP contribution in [0.2, 0.25) is 0 Å². The van der Waals surface area contributed by atoms with Gasteiger partial charge in [-0.1, -0.05) is 17.3 Å². The number of Topliss-reactive ketones (excluding diaryl/α,β-unsaturated/α-hetero) is 1. The number of benzene rings is 1. The Morgan fingerprint density at radius 3 is 2.33 bits per heavy atom. The normalized spacial score (nSPS) is 11.1. The molecule has 4 heterocycles. The van der Waals surface area contributed by atoms with Gasteiger partial charge in [-0.05, 0) is 50.2 Å². The molecule has 1 aromatic carbocycles. The molecule has 36 heavy (non-hydrogen) atoms. The lowest BCUT2D eigenvalue weighted by Crippen LogP contribution is -2.28. The highest BCUT2D eigenvalue weighted by Gasteiger charge is 2.21. The fourth-order valence-electron chi connectivity index (χ4n) is 4.41. The first-order chi connectivity index (χ1) is 17.5. The Morgan fingerprint density at radius 2 is 1.72 bits per heavy atom. The number of fused-ring (bicyclic) bond motifs is 1. The van der Waals surface area contributed by atoms with E-state index in [1.54, 1.807) is 42.3 Å². The van der Waals surface area contributed by atoms with Crippen LogP contribution in [0.3, 0.4) is 0 Å². The van der Waals surface area contributed by atoms with Crippen molar-refractivity contribution in [1.82, 2.24) is 19.7 Å². The SMILES string of the molecule is COc1cc2c(cc1-c1c(C)noc1C)cc(C(=O)Cc1ccccn1)c(=O)n2Cc1ccccn1. The second-order valence-corrected chi connectivity index (χ2v) is 8.50. The van der Waals surface area contributed by atoms with Gasteiger partial charge >= 0.3 is 0 Å². The summed E-state index contributed by atoms with van der Waals surface area (Å²) in [6.07, 6.45) is 3.33. The van der Waals surface area contributed by atoms with Gasteiger partial charge < -0.3 is 13.8 Å². The molecule has 0 saturated carbocycles. The lowest BCUT2D eigenvalue weighted by Gasteiger charge is -2.16. The second-order valence-electron chi connectivity index (χ2n) is 8.50. The zero-order chi connectivity index (χ0) is 25.2. The minimum atomic E-state index is -0.388. The van der Waals surface area contributed by atoms with E-state index in [-0.39, 0.29) is 29.9 Å². The molecular weight excluding hydrogens is 456 g/mol. The number of hydrogen-bond acceptors (Lipinski definition) is 7. The second kappa shape index (κ2) is 9.58. The molecule has 0 unspecified atom stereocenters. The van der Waals surface area contributed by atoms with Gasteiger partial charge in [0, 0.05) is 35.1 Å². The number of carbonyl (C=O) groups is 1. The van der Waals surface area contributed by atoms with Crippen LogP contribution in [0.25, 0.3) is 22.0 Å². The molecular formula is C28H24N4O4. The zero-order valence-corrected chi connectivity index (χ0v) is 20.2. The van der Waals surface area contributed by atoms with Crippen LogP contribution in [0, 0.1) is 13.8 Å². The molecule has 0 fully saturated rings. The van der Waals surface area contributed by atoms with Crippen molar-refractivity contribution in [3.63, 3.8) is 0 Å². The summed E-state index contributed by atoms with van der Waals surface area (Å²) in [5.41, 5.74) is 3.95. The van der Waals surface area contributed by atoms with Gasteiger partial charge in [0.1, 0.15) is 11.5 Å². The van der Waals surface area contributed by atoms with E-state index in [1.807, 2.05) is 50.2 Å². The number of hydrogen-bond donors (Lipinski definition) is 0. The lowest BCUT2D eigenvalue weighted by atomic mass is 9.98. The number of nitrogens with zero attached hydrogens (tertiary/aromatic N) is 4. The van der Waals surface area contributed by atoms with E-state index in [1.165, 1.54) is 0 Å². The average molecular weight is 481 g/mol. The smallest absolute Gasteiger partial charge is 0.262 e. The highest BCUT2D eigenvalue weighted by Crippen LogP contribution is 2.37. The van der Waals surface area contributed by atoms with Crippen LogP contribution in [0.1, 0.15) is 33.2 Å². The number of ether oxygens (including phenoxy) is 1. The molecule has 0 amide bonds. The Hall–Kier alpha value is -4.59. The van der Waals surface area contributed by atoms with Gasteiger partial charge in [0.15, 0.2) is 5.78 Å². The van der Waals surface area contributed by atoms with E-state index in [0.717, 1.165) is 16.8 Å². The quantitative estimate of drug-likeness (QED) is 0.315. The largest absolute Gasteiger partial charge is 0.496 e. The Morgan fingerprint density at radius 1 is 1.00 bits per heavy atom.